The summed E-state index contributed by atoms with van der Waals surface area (Å²) < 4.78 is 0. The number of nitrogens with one attached hydrogen (secondary N) is 1. The van der Waals surface area contributed by atoms with Crippen molar-refractivity contribution >= 4 is 0 Å². The molecule has 2 nitrogen and oxygen atoms in total. The third-order valence-corrected chi connectivity index (χ3v) is 3.69. The lowest BCUT2D eigenvalue weighted by Crippen LogP contribution is -2.49. The summed E-state index contributed by atoms with van der Waals surface area (Å²) in [5, 5.41) is 3.57. The molecule has 1 N–H and O–H groups in total. The summed E-state index contributed by atoms with van der Waals surface area (Å²) in [6, 6.07) is 1.80. The molecule has 15 heavy (non-hydrogen) atoms. The maximum absolute atomic E-state index is 3.57. The van der Waals surface area contributed by atoms with Crippen LogP contribution in [0, 0.1) is 5.92 Å². The first-order valence-corrected chi connectivity index (χ1v) is 6.37. The Morgan fingerprint density at radius 2 is 1.53 bits per heavy atom. The fourth-order valence-corrected chi connectivity index (χ4v) is 1.74. The summed E-state index contributed by atoms with van der Waals surface area (Å²) in [6.45, 7) is 14.8. The minimum absolute atomic E-state index is 0.566. The molecule has 0 saturated carbocycles. The van der Waals surface area contributed by atoms with Crippen LogP contribution in [0.5, 0.6) is 0 Å². The predicted molar refractivity (Wildman–Crippen MR) is 69.3 cm³/mol. The van der Waals surface area contributed by atoms with Crippen molar-refractivity contribution in [2.45, 2.75) is 66.1 Å². The maximum Gasteiger partial charge on any atom is 0.0218 e. The lowest BCUT2D eigenvalue weighted by Gasteiger charge is -2.36. The van der Waals surface area contributed by atoms with Crippen LogP contribution in [-0.4, -0.2) is 36.6 Å². The third-order valence-electron chi connectivity index (χ3n) is 3.69. The van der Waals surface area contributed by atoms with Gasteiger partial charge in [-0.2, -0.15) is 0 Å². The van der Waals surface area contributed by atoms with Gasteiger partial charge in [-0.3, -0.25) is 4.90 Å². The van der Waals surface area contributed by atoms with E-state index in [1.54, 1.807) is 0 Å². The third kappa shape index (κ3) is 4.98. The summed E-state index contributed by atoms with van der Waals surface area (Å²) >= 11 is 0. The molecule has 0 heterocycles. The lowest BCUT2D eigenvalue weighted by molar-refractivity contribution is 0.133. The van der Waals surface area contributed by atoms with Gasteiger partial charge in [-0.15, -0.1) is 0 Å². The molecule has 0 radical (unpaired) electrons. The standard InChI is InChI=1S/C13H30N2/c1-8-9-14-11(4)13(6)15(7)12(5)10(2)3/h10-14H,8-9H2,1-7H3. The number of hydrogen-bond donors (Lipinski definition) is 1. The molecule has 0 bridgehead atoms. The van der Waals surface area contributed by atoms with Crippen molar-refractivity contribution in [2.75, 3.05) is 13.6 Å². The van der Waals surface area contributed by atoms with Gasteiger partial charge in [-0.25, -0.2) is 0 Å². The molecule has 2 heteroatoms. The Kier molecular flexibility index (Phi) is 7.20. The van der Waals surface area contributed by atoms with Gasteiger partial charge in [0.05, 0.1) is 0 Å². The second-order valence-corrected chi connectivity index (χ2v) is 5.13. The zero-order valence-electron chi connectivity index (χ0n) is 11.7. The molecule has 0 aliphatic heterocycles. The van der Waals surface area contributed by atoms with Gasteiger partial charge in [-0.1, -0.05) is 20.8 Å². The van der Waals surface area contributed by atoms with Crippen molar-refractivity contribution in [1.29, 1.82) is 0 Å². The summed E-state index contributed by atoms with van der Waals surface area (Å²) in [5.41, 5.74) is 0. The van der Waals surface area contributed by atoms with E-state index in [0.717, 1.165) is 12.5 Å². The van der Waals surface area contributed by atoms with Gasteiger partial charge in [-0.05, 0) is 46.7 Å². The van der Waals surface area contributed by atoms with E-state index in [-0.39, 0.29) is 0 Å². The van der Waals surface area contributed by atoms with Crippen LogP contribution in [-0.2, 0) is 0 Å². The van der Waals surface area contributed by atoms with Crippen molar-refractivity contribution in [3.63, 3.8) is 0 Å². The first kappa shape index (κ1) is 14.9. The van der Waals surface area contributed by atoms with Gasteiger partial charge in [0.1, 0.15) is 0 Å². The van der Waals surface area contributed by atoms with E-state index in [1.165, 1.54) is 6.42 Å². The molecule has 0 aliphatic carbocycles. The van der Waals surface area contributed by atoms with Gasteiger partial charge in [0.15, 0.2) is 0 Å². The Bertz CT molecular complexity index is 157. The van der Waals surface area contributed by atoms with E-state index < -0.39 is 0 Å². The molecule has 0 amide bonds. The average molecular weight is 214 g/mol. The number of hydrogen-bond acceptors (Lipinski definition) is 2. The summed E-state index contributed by atoms with van der Waals surface area (Å²) in [7, 11) is 2.24. The number of likely N-dealkylation sites (N-methyl/N-ethyl adjacent to an activating group) is 1. The molecule has 0 aromatic heterocycles. The van der Waals surface area contributed by atoms with Gasteiger partial charge in [0.2, 0.25) is 0 Å². The van der Waals surface area contributed by atoms with E-state index in [9.17, 15) is 0 Å². The Labute approximate surface area is 96.4 Å². The predicted octanol–water partition coefficient (Wildman–Crippen LogP) is 2.74. The quantitative estimate of drug-likeness (QED) is 0.701. The molecule has 92 valence electrons. The molecule has 0 aromatic rings. The zero-order valence-corrected chi connectivity index (χ0v) is 11.7. The topological polar surface area (TPSA) is 15.3 Å². The molecule has 0 fully saturated rings. The van der Waals surface area contributed by atoms with Gasteiger partial charge >= 0.3 is 0 Å². The van der Waals surface area contributed by atoms with Crippen molar-refractivity contribution in [2.24, 2.45) is 5.92 Å². The van der Waals surface area contributed by atoms with Gasteiger partial charge < -0.3 is 5.32 Å². The molecule has 0 aromatic carbocycles. The van der Waals surface area contributed by atoms with Crippen molar-refractivity contribution in [3.05, 3.63) is 0 Å². The molecule has 0 saturated heterocycles. The van der Waals surface area contributed by atoms with Crippen LogP contribution >= 0.6 is 0 Å². The summed E-state index contributed by atoms with van der Waals surface area (Å²) in [5.74, 6) is 0.718. The highest BCUT2D eigenvalue weighted by molar-refractivity contribution is 4.80. The summed E-state index contributed by atoms with van der Waals surface area (Å²) in [4.78, 5) is 2.48. The van der Waals surface area contributed by atoms with Crippen LogP contribution in [0.4, 0.5) is 0 Å². The van der Waals surface area contributed by atoms with E-state index in [4.69, 9.17) is 0 Å². The first-order chi connectivity index (χ1) is 6.91. The van der Waals surface area contributed by atoms with Crippen LogP contribution in [0.25, 0.3) is 0 Å². The molecule has 0 aliphatic rings. The maximum atomic E-state index is 3.57. The first-order valence-electron chi connectivity index (χ1n) is 6.37. The fraction of sp³-hybridized carbons (Fsp3) is 1.00. The van der Waals surface area contributed by atoms with Gasteiger partial charge in [0, 0.05) is 18.1 Å². The van der Waals surface area contributed by atoms with E-state index in [2.05, 4.69) is 58.8 Å². The monoisotopic (exact) mass is 214 g/mol. The molecular formula is C13H30N2. The Balaban J connectivity index is 4.11. The SMILES string of the molecule is CCCNC(C)C(C)N(C)C(C)C(C)C. The number of rotatable bonds is 7. The molecule has 0 spiro atoms. The minimum Gasteiger partial charge on any atom is -0.313 e. The summed E-state index contributed by atoms with van der Waals surface area (Å²) in [6.07, 6.45) is 1.21. The second kappa shape index (κ2) is 7.24. The Morgan fingerprint density at radius 3 is 1.93 bits per heavy atom. The molecule has 3 atom stereocenters. The molecule has 3 unspecified atom stereocenters. The van der Waals surface area contributed by atoms with Crippen LogP contribution in [0.1, 0.15) is 48.0 Å². The Morgan fingerprint density at radius 1 is 1.00 bits per heavy atom. The normalized spacial score (nSPS) is 18.2. The van der Waals surface area contributed by atoms with Crippen molar-refractivity contribution < 1.29 is 0 Å². The number of nitrogens with zero attached hydrogens (tertiary/aromatic N) is 1. The van der Waals surface area contributed by atoms with E-state index in [0.29, 0.717) is 18.1 Å². The van der Waals surface area contributed by atoms with E-state index in [1.807, 2.05) is 0 Å². The smallest absolute Gasteiger partial charge is 0.0218 e. The van der Waals surface area contributed by atoms with Crippen LogP contribution in [0.15, 0.2) is 0 Å². The largest absolute Gasteiger partial charge is 0.313 e. The van der Waals surface area contributed by atoms with Crippen LogP contribution in [0.3, 0.4) is 0 Å². The lowest BCUT2D eigenvalue weighted by atomic mass is 10.0. The zero-order chi connectivity index (χ0) is 12.0. The fourth-order valence-electron chi connectivity index (χ4n) is 1.74. The molecule has 0 rings (SSSR count). The minimum atomic E-state index is 0.566. The highest BCUT2D eigenvalue weighted by Gasteiger charge is 2.22. The highest BCUT2D eigenvalue weighted by atomic mass is 15.2. The van der Waals surface area contributed by atoms with Gasteiger partial charge in [0.25, 0.3) is 0 Å². The van der Waals surface area contributed by atoms with Crippen molar-refractivity contribution in [1.82, 2.24) is 10.2 Å². The Hall–Kier alpha value is -0.0800. The highest BCUT2D eigenvalue weighted by Crippen LogP contribution is 2.13. The van der Waals surface area contributed by atoms with Crippen LogP contribution < -0.4 is 5.32 Å². The van der Waals surface area contributed by atoms with E-state index >= 15 is 0 Å². The second-order valence-electron chi connectivity index (χ2n) is 5.13. The van der Waals surface area contributed by atoms with Crippen LogP contribution in [0.2, 0.25) is 0 Å². The molecular weight excluding hydrogens is 184 g/mol. The van der Waals surface area contributed by atoms with Crippen molar-refractivity contribution in [3.8, 4) is 0 Å². The average Bonchev–Trinajstić information content (AvgIpc) is 2.22.